The molecular formula is C26H31F2N7O3. The molecule has 10 nitrogen and oxygen atoms in total. The number of carbonyl (C=O) groups excluding carboxylic acids is 2. The van der Waals surface area contributed by atoms with Crippen molar-refractivity contribution in [3.05, 3.63) is 82.5 Å². The molecule has 2 aromatic heterocycles. The third-order valence-electron chi connectivity index (χ3n) is 6.53. The number of aromatic nitrogens is 4. The zero-order valence-electron chi connectivity index (χ0n) is 20.9. The number of carbonyl (C=O) groups is 2. The highest BCUT2D eigenvalue weighted by Gasteiger charge is 2.42. The van der Waals surface area contributed by atoms with Gasteiger partial charge in [-0.05, 0) is 24.5 Å². The van der Waals surface area contributed by atoms with Crippen LogP contribution in [0, 0.1) is 0 Å². The Labute approximate surface area is 218 Å². The van der Waals surface area contributed by atoms with Crippen LogP contribution in [0.3, 0.4) is 0 Å². The SMILES string of the molecule is O=C(NCc1ccccc1)NC1(C(=O)NCCC(F)(F)Cn2cc(Cn3ccccc3=O)nn2)CCCC1. The van der Waals surface area contributed by atoms with Crippen molar-refractivity contribution in [1.29, 1.82) is 0 Å². The largest absolute Gasteiger partial charge is 0.354 e. The topological polar surface area (TPSA) is 123 Å². The van der Waals surface area contributed by atoms with Crippen LogP contribution in [0.25, 0.3) is 0 Å². The average molecular weight is 528 g/mol. The summed E-state index contributed by atoms with van der Waals surface area (Å²) in [6, 6.07) is 13.6. The van der Waals surface area contributed by atoms with Gasteiger partial charge in [0.1, 0.15) is 17.8 Å². The zero-order chi connectivity index (χ0) is 27.0. The van der Waals surface area contributed by atoms with Crippen molar-refractivity contribution in [1.82, 2.24) is 35.5 Å². The van der Waals surface area contributed by atoms with Gasteiger partial charge in [0.25, 0.3) is 11.5 Å². The second-order valence-electron chi connectivity index (χ2n) is 9.52. The molecule has 0 radical (unpaired) electrons. The molecule has 3 aromatic rings. The maximum Gasteiger partial charge on any atom is 0.315 e. The second kappa shape index (κ2) is 12.0. The van der Waals surface area contributed by atoms with Crippen molar-refractivity contribution in [3.63, 3.8) is 0 Å². The maximum absolute atomic E-state index is 14.6. The number of alkyl halides is 2. The van der Waals surface area contributed by atoms with Crippen molar-refractivity contribution < 1.29 is 18.4 Å². The summed E-state index contributed by atoms with van der Waals surface area (Å²) in [7, 11) is 0. The molecule has 2 heterocycles. The van der Waals surface area contributed by atoms with E-state index in [9.17, 15) is 23.2 Å². The van der Waals surface area contributed by atoms with Crippen LogP contribution < -0.4 is 21.5 Å². The third kappa shape index (κ3) is 7.24. The average Bonchev–Trinajstić information content (AvgIpc) is 3.54. The Bertz CT molecular complexity index is 1290. The van der Waals surface area contributed by atoms with E-state index < -0.39 is 36.4 Å². The number of hydrogen-bond acceptors (Lipinski definition) is 5. The van der Waals surface area contributed by atoms with Crippen molar-refractivity contribution >= 4 is 11.9 Å². The summed E-state index contributed by atoms with van der Waals surface area (Å²) in [4.78, 5) is 37.3. The summed E-state index contributed by atoms with van der Waals surface area (Å²) in [6.45, 7) is -0.551. The number of pyridine rings is 1. The van der Waals surface area contributed by atoms with Crippen LogP contribution in [0.1, 0.15) is 43.4 Å². The van der Waals surface area contributed by atoms with Crippen molar-refractivity contribution in [2.45, 2.75) is 63.2 Å². The Morgan fingerprint density at radius 3 is 2.50 bits per heavy atom. The number of nitrogens with zero attached hydrogens (tertiary/aromatic N) is 4. The summed E-state index contributed by atoms with van der Waals surface area (Å²) >= 11 is 0. The first-order valence-corrected chi connectivity index (χ1v) is 12.6. The molecule has 1 aromatic carbocycles. The molecule has 1 aliphatic carbocycles. The molecule has 1 fully saturated rings. The Morgan fingerprint density at radius 2 is 1.76 bits per heavy atom. The van der Waals surface area contributed by atoms with E-state index in [1.807, 2.05) is 30.3 Å². The van der Waals surface area contributed by atoms with Crippen LogP contribution in [0.2, 0.25) is 0 Å². The van der Waals surface area contributed by atoms with E-state index in [1.165, 1.54) is 16.8 Å². The second-order valence-corrected chi connectivity index (χ2v) is 9.52. The van der Waals surface area contributed by atoms with Crippen LogP contribution in [0.5, 0.6) is 0 Å². The number of rotatable bonds is 11. The highest BCUT2D eigenvalue weighted by Crippen LogP contribution is 2.30. The van der Waals surface area contributed by atoms with Gasteiger partial charge in [-0.1, -0.05) is 54.5 Å². The van der Waals surface area contributed by atoms with E-state index in [-0.39, 0.29) is 18.6 Å². The van der Waals surface area contributed by atoms with Gasteiger partial charge in [-0.2, -0.15) is 0 Å². The van der Waals surface area contributed by atoms with E-state index in [1.54, 1.807) is 18.3 Å². The van der Waals surface area contributed by atoms with Gasteiger partial charge in [0, 0.05) is 31.8 Å². The van der Waals surface area contributed by atoms with Gasteiger partial charge in [0.15, 0.2) is 0 Å². The zero-order valence-corrected chi connectivity index (χ0v) is 20.9. The first-order chi connectivity index (χ1) is 18.2. The predicted molar refractivity (Wildman–Crippen MR) is 135 cm³/mol. The smallest absolute Gasteiger partial charge is 0.315 e. The summed E-state index contributed by atoms with van der Waals surface area (Å²) in [6.07, 6.45) is 4.75. The predicted octanol–water partition coefficient (Wildman–Crippen LogP) is 2.44. The molecule has 0 saturated heterocycles. The fraction of sp³-hybridized carbons (Fsp3) is 0.423. The summed E-state index contributed by atoms with van der Waals surface area (Å²) in [5.41, 5.74) is -0.0522. The molecule has 0 bridgehead atoms. The molecular weight excluding hydrogens is 496 g/mol. The molecule has 38 heavy (non-hydrogen) atoms. The fourth-order valence-corrected chi connectivity index (χ4v) is 4.53. The number of amides is 3. The molecule has 202 valence electrons. The van der Waals surface area contributed by atoms with Crippen LogP contribution in [0.4, 0.5) is 13.6 Å². The standard InChI is InChI=1S/C26H31F2N7O3/c27-26(28,19-35-18-21(32-33-35)17-34-15-7-4-10-22(34)36)13-14-29-23(37)25(11-5-6-12-25)31-24(38)30-16-20-8-2-1-3-9-20/h1-4,7-10,15,18H,5-6,11-14,16-17,19H2,(H,29,37)(H2,30,31,38). The molecule has 12 heteroatoms. The van der Waals surface area contributed by atoms with E-state index in [4.69, 9.17) is 0 Å². The summed E-state index contributed by atoms with van der Waals surface area (Å²) < 4.78 is 31.7. The molecule has 0 atom stereocenters. The van der Waals surface area contributed by atoms with Crippen LogP contribution in [0.15, 0.2) is 65.7 Å². The van der Waals surface area contributed by atoms with E-state index in [2.05, 4.69) is 26.3 Å². The molecule has 1 saturated carbocycles. The Balaban J connectivity index is 1.26. The van der Waals surface area contributed by atoms with E-state index in [0.717, 1.165) is 23.1 Å². The number of nitrogens with one attached hydrogen (secondary N) is 3. The van der Waals surface area contributed by atoms with E-state index >= 15 is 0 Å². The minimum atomic E-state index is -3.16. The highest BCUT2D eigenvalue weighted by molar-refractivity contribution is 5.91. The highest BCUT2D eigenvalue weighted by atomic mass is 19.3. The maximum atomic E-state index is 14.6. The Hall–Kier alpha value is -4.09. The molecule has 4 rings (SSSR count). The van der Waals surface area contributed by atoms with Crippen LogP contribution in [-0.4, -0.2) is 49.5 Å². The van der Waals surface area contributed by atoms with Gasteiger partial charge in [-0.3, -0.25) is 9.59 Å². The molecule has 1 aliphatic rings. The van der Waals surface area contributed by atoms with Crippen LogP contribution in [-0.2, 0) is 24.4 Å². The van der Waals surface area contributed by atoms with Crippen molar-refractivity contribution in [2.75, 3.05) is 6.54 Å². The summed E-state index contributed by atoms with van der Waals surface area (Å²) in [5.74, 6) is -3.62. The third-order valence-corrected chi connectivity index (χ3v) is 6.53. The normalized spacial score (nSPS) is 14.7. The van der Waals surface area contributed by atoms with Crippen LogP contribution >= 0.6 is 0 Å². The first kappa shape index (κ1) is 27.0. The fourth-order valence-electron chi connectivity index (χ4n) is 4.53. The molecule has 0 spiro atoms. The minimum Gasteiger partial charge on any atom is -0.354 e. The molecule has 3 amide bonds. The van der Waals surface area contributed by atoms with Gasteiger partial charge < -0.3 is 20.5 Å². The number of urea groups is 1. The number of benzene rings is 1. The number of hydrogen-bond donors (Lipinski definition) is 3. The number of halogens is 2. The van der Waals surface area contributed by atoms with E-state index in [0.29, 0.717) is 25.1 Å². The lowest BCUT2D eigenvalue weighted by atomic mass is 9.96. The minimum absolute atomic E-state index is 0.120. The lowest BCUT2D eigenvalue weighted by Crippen LogP contribution is -2.59. The van der Waals surface area contributed by atoms with Gasteiger partial charge in [0.2, 0.25) is 5.91 Å². The van der Waals surface area contributed by atoms with Gasteiger partial charge in [-0.15, -0.1) is 5.10 Å². The quantitative estimate of drug-likeness (QED) is 0.354. The van der Waals surface area contributed by atoms with Gasteiger partial charge in [0.05, 0.1) is 12.7 Å². The molecule has 0 unspecified atom stereocenters. The molecule has 0 aliphatic heterocycles. The molecule has 3 N–H and O–H groups in total. The summed E-state index contributed by atoms with van der Waals surface area (Å²) in [5, 5.41) is 15.7. The van der Waals surface area contributed by atoms with Gasteiger partial charge >= 0.3 is 6.03 Å². The van der Waals surface area contributed by atoms with Crippen molar-refractivity contribution in [2.24, 2.45) is 0 Å². The first-order valence-electron chi connectivity index (χ1n) is 12.6. The Kier molecular flexibility index (Phi) is 8.49. The monoisotopic (exact) mass is 527 g/mol. The van der Waals surface area contributed by atoms with Gasteiger partial charge in [-0.25, -0.2) is 18.3 Å². The lowest BCUT2D eigenvalue weighted by Gasteiger charge is -2.29. The lowest BCUT2D eigenvalue weighted by molar-refractivity contribution is -0.127. The van der Waals surface area contributed by atoms with Crippen molar-refractivity contribution in [3.8, 4) is 0 Å². The Morgan fingerprint density at radius 1 is 1.03 bits per heavy atom.